The number of amides is 2. The summed E-state index contributed by atoms with van der Waals surface area (Å²) in [6, 6.07) is 18.3. The maximum absolute atomic E-state index is 12.4. The average Bonchev–Trinajstić information content (AvgIpc) is 2.69. The first-order valence-electron chi connectivity index (χ1n) is 10.3. The maximum Gasteiger partial charge on any atom is 0.317 e. The summed E-state index contributed by atoms with van der Waals surface area (Å²) < 4.78 is 0. The molecule has 29 heavy (non-hydrogen) atoms. The minimum Gasteiger partial charge on any atom is -0.395 e. The van der Waals surface area contributed by atoms with E-state index in [0.717, 1.165) is 12.0 Å². The van der Waals surface area contributed by atoms with E-state index in [1.54, 1.807) is 0 Å². The van der Waals surface area contributed by atoms with Crippen molar-refractivity contribution in [2.45, 2.75) is 37.4 Å². The van der Waals surface area contributed by atoms with Gasteiger partial charge in [-0.3, -0.25) is 4.90 Å². The molecular formula is C23H28ClN3O2. The summed E-state index contributed by atoms with van der Waals surface area (Å²) in [5.41, 5.74) is 2.19. The molecule has 0 aromatic heterocycles. The van der Waals surface area contributed by atoms with Crippen LogP contribution in [0.1, 0.15) is 30.4 Å². The standard InChI is InChI=1S/C23H28ClN3O2/c1-2-11-25-22(29)26-15-23(16-26)21(18-8-4-3-5-9-18)20(14-28)27(23)13-17-7-6-10-19(24)12-17/h3-10,12,20-21,28H,2,11,13-16H2,1H3,(H,25,29)/t20-,21+/m0/s1. The Labute approximate surface area is 177 Å². The van der Waals surface area contributed by atoms with Gasteiger partial charge in [-0.15, -0.1) is 0 Å². The normalized spacial score (nSPS) is 22.8. The number of carbonyl (C=O) groups excluding carboxylic acids is 1. The number of halogens is 1. The second-order valence-corrected chi connectivity index (χ2v) is 8.52. The molecule has 2 aromatic rings. The van der Waals surface area contributed by atoms with Crippen molar-refractivity contribution in [2.24, 2.45) is 0 Å². The minimum absolute atomic E-state index is 0.000518. The first kappa shape index (κ1) is 20.2. The van der Waals surface area contributed by atoms with Crippen molar-refractivity contribution < 1.29 is 9.90 Å². The predicted octanol–water partition coefficient (Wildman–Crippen LogP) is 3.47. The fraction of sp³-hybridized carbons (Fsp3) is 0.435. The Kier molecular flexibility index (Phi) is 5.81. The van der Waals surface area contributed by atoms with E-state index in [1.165, 1.54) is 5.56 Å². The topological polar surface area (TPSA) is 55.8 Å². The molecule has 0 radical (unpaired) electrons. The van der Waals surface area contributed by atoms with Crippen LogP contribution in [0.3, 0.4) is 0 Å². The van der Waals surface area contributed by atoms with Crippen molar-refractivity contribution in [1.82, 2.24) is 15.1 Å². The van der Waals surface area contributed by atoms with Crippen molar-refractivity contribution in [1.29, 1.82) is 0 Å². The summed E-state index contributed by atoms with van der Waals surface area (Å²) in [7, 11) is 0. The Hall–Kier alpha value is -2.08. The highest BCUT2D eigenvalue weighted by molar-refractivity contribution is 6.30. The van der Waals surface area contributed by atoms with Crippen molar-refractivity contribution in [3.63, 3.8) is 0 Å². The highest BCUT2D eigenvalue weighted by atomic mass is 35.5. The van der Waals surface area contributed by atoms with Crippen LogP contribution in [0.25, 0.3) is 0 Å². The lowest BCUT2D eigenvalue weighted by Gasteiger charge is -2.70. The zero-order valence-electron chi connectivity index (χ0n) is 16.7. The molecule has 2 saturated heterocycles. The lowest BCUT2D eigenvalue weighted by Crippen LogP contribution is -2.85. The number of nitrogens with zero attached hydrogens (tertiary/aromatic N) is 2. The number of aliphatic hydroxyl groups is 1. The summed E-state index contributed by atoms with van der Waals surface area (Å²) in [4.78, 5) is 16.7. The molecule has 2 fully saturated rings. The quantitative estimate of drug-likeness (QED) is 0.762. The maximum atomic E-state index is 12.4. The number of hydrogen-bond donors (Lipinski definition) is 2. The van der Waals surface area contributed by atoms with E-state index >= 15 is 0 Å². The van der Waals surface area contributed by atoms with Crippen molar-refractivity contribution in [3.8, 4) is 0 Å². The summed E-state index contributed by atoms with van der Waals surface area (Å²) >= 11 is 6.19. The van der Waals surface area contributed by atoms with Gasteiger partial charge in [-0.2, -0.15) is 0 Å². The van der Waals surface area contributed by atoms with Gasteiger partial charge in [0.1, 0.15) is 0 Å². The smallest absolute Gasteiger partial charge is 0.317 e. The van der Waals surface area contributed by atoms with Crippen molar-refractivity contribution in [2.75, 3.05) is 26.2 Å². The van der Waals surface area contributed by atoms with Gasteiger partial charge in [0.05, 0.1) is 12.1 Å². The Morgan fingerprint density at radius 2 is 1.97 bits per heavy atom. The van der Waals surface area contributed by atoms with Crippen LogP contribution < -0.4 is 5.32 Å². The van der Waals surface area contributed by atoms with Gasteiger partial charge in [-0.25, -0.2) is 4.79 Å². The number of benzene rings is 2. The molecule has 4 rings (SSSR count). The number of rotatable bonds is 6. The van der Waals surface area contributed by atoms with Gasteiger partial charge in [-0.1, -0.05) is 61.0 Å². The van der Waals surface area contributed by atoms with E-state index in [0.29, 0.717) is 31.2 Å². The molecule has 2 aliphatic heterocycles. The molecule has 0 bridgehead atoms. The van der Waals surface area contributed by atoms with Gasteiger partial charge < -0.3 is 15.3 Å². The van der Waals surface area contributed by atoms with Crippen LogP contribution in [0.4, 0.5) is 4.79 Å². The van der Waals surface area contributed by atoms with Crippen LogP contribution in [0.2, 0.25) is 5.02 Å². The van der Waals surface area contributed by atoms with Crippen LogP contribution in [-0.2, 0) is 6.54 Å². The first-order chi connectivity index (χ1) is 14.1. The van der Waals surface area contributed by atoms with Crippen molar-refractivity contribution in [3.05, 3.63) is 70.7 Å². The molecule has 2 atom stereocenters. The van der Waals surface area contributed by atoms with Gasteiger partial charge in [0, 0.05) is 43.2 Å². The highest BCUT2D eigenvalue weighted by Crippen LogP contribution is 2.54. The third kappa shape index (κ3) is 3.63. The van der Waals surface area contributed by atoms with Crippen LogP contribution in [0, 0.1) is 0 Å². The molecule has 5 nitrogen and oxygen atoms in total. The molecular weight excluding hydrogens is 386 g/mol. The van der Waals surface area contributed by atoms with Crippen molar-refractivity contribution >= 4 is 17.6 Å². The minimum atomic E-state index is -0.152. The molecule has 0 saturated carbocycles. The van der Waals surface area contributed by atoms with Crippen LogP contribution >= 0.6 is 11.6 Å². The Bertz CT molecular complexity index is 854. The summed E-state index contributed by atoms with van der Waals surface area (Å²) in [5.74, 6) is 0.197. The fourth-order valence-corrected chi connectivity index (χ4v) is 5.16. The highest BCUT2D eigenvalue weighted by Gasteiger charge is 2.66. The molecule has 2 heterocycles. The van der Waals surface area contributed by atoms with Gasteiger partial charge in [0.2, 0.25) is 0 Å². The van der Waals surface area contributed by atoms with Crippen LogP contribution in [0.5, 0.6) is 0 Å². The predicted molar refractivity (Wildman–Crippen MR) is 115 cm³/mol. The molecule has 6 heteroatoms. The molecule has 1 spiro atoms. The van der Waals surface area contributed by atoms with Crippen LogP contribution in [0.15, 0.2) is 54.6 Å². The number of nitrogens with one attached hydrogen (secondary N) is 1. The van der Waals surface area contributed by atoms with E-state index in [4.69, 9.17) is 11.6 Å². The van der Waals surface area contributed by atoms with Gasteiger partial charge in [0.25, 0.3) is 0 Å². The molecule has 2 aromatic carbocycles. The SMILES string of the molecule is CCCNC(=O)N1CC2(C1)[C@H](c1ccccc1)[C@H](CO)N2Cc1cccc(Cl)c1. The molecule has 0 unspecified atom stereocenters. The second kappa shape index (κ2) is 8.34. The Morgan fingerprint density at radius 1 is 1.21 bits per heavy atom. The third-order valence-corrected chi connectivity index (χ3v) is 6.50. The summed E-state index contributed by atoms with van der Waals surface area (Å²) in [6.07, 6.45) is 0.921. The molecule has 0 aliphatic carbocycles. The lowest BCUT2D eigenvalue weighted by molar-refractivity contribution is -0.183. The van der Waals surface area contributed by atoms with E-state index < -0.39 is 0 Å². The monoisotopic (exact) mass is 413 g/mol. The summed E-state index contributed by atoms with van der Waals surface area (Å²) in [5, 5.41) is 13.9. The summed E-state index contributed by atoms with van der Waals surface area (Å²) in [6.45, 7) is 4.87. The zero-order chi connectivity index (χ0) is 20.4. The number of carbonyl (C=O) groups is 1. The molecule has 2 N–H and O–H groups in total. The number of hydrogen-bond acceptors (Lipinski definition) is 3. The number of aliphatic hydroxyl groups excluding tert-OH is 1. The number of urea groups is 1. The molecule has 2 aliphatic rings. The van der Waals surface area contributed by atoms with Gasteiger partial charge in [0.15, 0.2) is 0 Å². The zero-order valence-corrected chi connectivity index (χ0v) is 17.5. The molecule has 154 valence electrons. The first-order valence-corrected chi connectivity index (χ1v) is 10.7. The van der Waals surface area contributed by atoms with E-state index in [9.17, 15) is 9.90 Å². The second-order valence-electron chi connectivity index (χ2n) is 8.09. The fourth-order valence-electron chi connectivity index (χ4n) is 4.95. The Balaban J connectivity index is 1.59. The Morgan fingerprint density at radius 3 is 2.62 bits per heavy atom. The van der Waals surface area contributed by atoms with E-state index in [1.807, 2.05) is 48.2 Å². The largest absolute Gasteiger partial charge is 0.395 e. The van der Waals surface area contributed by atoms with Gasteiger partial charge >= 0.3 is 6.03 Å². The third-order valence-electron chi connectivity index (χ3n) is 6.27. The lowest BCUT2D eigenvalue weighted by atomic mass is 9.60. The van der Waals surface area contributed by atoms with E-state index in [-0.39, 0.29) is 30.1 Å². The van der Waals surface area contributed by atoms with Crippen LogP contribution in [-0.4, -0.2) is 58.8 Å². The average molecular weight is 414 g/mol. The molecule has 2 amide bonds. The van der Waals surface area contributed by atoms with E-state index in [2.05, 4.69) is 28.4 Å². The van der Waals surface area contributed by atoms with Gasteiger partial charge in [-0.05, 0) is 29.7 Å². The number of likely N-dealkylation sites (tertiary alicyclic amines) is 2.